The summed E-state index contributed by atoms with van der Waals surface area (Å²) in [4.78, 5) is 12.3. The summed E-state index contributed by atoms with van der Waals surface area (Å²) in [7, 11) is 0. The van der Waals surface area contributed by atoms with Gasteiger partial charge in [-0.2, -0.15) is 0 Å². The molecule has 0 fully saturated rings. The van der Waals surface area contributed by atoms with E-state index < -0.39 is 0 Å². The number of halogens is 1. The quantitative estimate of drug-likeness (QED) is 0.583. The number of amides is 1. The van der Waals surface area contributed by atoms with Crippen LogP contribution in [-0.4, -0.2) is 20.7 Å². The first-order valence-corrected chi connectivity index (χ1v) is 8.89. The molecule has 1 N–H and O–H groups in total. The molecule has 2 aromatic heterocycles. The highest BCUT2D eigenvalue weighted by Gasteiger charge is 2.11. The number of nitrogens with one attached hydrogen (secondary N) is 1. The third-order valence-electron chi connectivity index (χ3n) is 3.96. The Morgan fingerprint density at radius 2 is 1.96 bits per heavy atom. The maximum Gasteiger partial charge on any atom is 0.246 e. The first-order chi connectivity index (χ1) is 12.7. The molecule has 0 unspecified atom stereocenters. The molecule has 0 radical (unpaired) electrons. The Morgan fingerprint density at radius 1 is 1.12 bits per heavy atom. The van der Waals surface area contributed by atoms with Gasteiger partial charge in [-0.1, -0.05) is 41.7 Å². The van der Waals surface area contributed by atoms with Gasteiger partial charge in [0, 0.05) is 12.6 Å². The van der Waals surface area contributed by atoms with Crippen molar-refractivity contribution in [2.24, 2.45) is 0 Å². The average Bonchev–Trinajstić information content (AvgIpc) is 3.23. The van der Waals surface area contributed by atoms with Crippen LogP contribution in [0.15, 0.2) is 60.8 Å². The number of aromatic nitrogens is 3. The standard InChI is InChI=1S/C19H15FN4OS/c20-15-7-6-14-8-9-24(16(14)11-15)12-17(25)21-19-23-22-18(26-19)10-13-4-2-1-3-5-13/h1-9,11H,10,12H2,(H,21,23,25). The highest BCUT2D eigenvalue weighted by atomic mass is 32.1. The topological polar surface area (TPSA) is 59.8 Å². The summed E-state index contributed by atoms with van der Waals surface area (Å²) in [5.41, 5.74) is 1.82. The predicted molar refractivity (Wildman–Crippen MR) is 99.7 cm³/mol. The lowest BCUT2D eigenvalue weighted by molar-refractivity contribution is -0.116. The van der Waals surface area contributed by atoms with E-state index in [4.69, 9.17) is 0 Å². The highest BCUT2D eigenvalue weighted by molar-refractivity contribution is 7.15. The fraction of sp³-hybridized carbons (Fsp3) is 0.105. The second kappa shape index (κ2) is 7.05. The van der Waals surface area contributed by atoms with Gasteiger partial charge < -0.3 is 4.57 Å². The Kier molecular flexibility index (Phi) is 4.45. The van der Waals surface area contributed by atoms with E-state index in [1.165, 1.54) is 23.5 Å². The Hall–Kier alpha value is -3.06. The zero-order chi connectivity index (χ0) is 17.9. The molecule has 4 aromatic rings. The van der Waals surface area contributed by atoms with Crippen LogP contribution in [0.25, 0.3) is 10.9 Å². The third-order valence-corrected chi connectivity index (χ3v) is 4.80. The largest absolute Gasteiger partial charge is 0.338 e. The van der Waals surface area contributed by atoms with Crippen LogP contribution in [0, 0.1) is 5.82 Å². The van der Waals surface area contributed by atoms with Crippen molar-refractivity contribution >= 4 is 33.3 Å². The zero-order valence-electron chi connectivity index (χ0n) is 13.7. The summed E-state index contributed by atoms with van der Waals surface area (Å²) in [5.74, 6) is -0.554. The molecular weight excluding hydrogens is 351 g/mol. The Morgan fingerprint density at radius 3 is 2.81 bits per heavy atom. The van der Waals surface area contributed by atoms with E-state index in [0.717, 1.165) is 16.0 Å². The molecule has 0 bridgehead atoms. The number of benzene rings is 2. The van der Waals surface area contributed by atoms with Crippen molar-refractivity contribution in [3.05, 3.63) is 77.2 Å². The van der Waals surface area contributed by atoms with Crippen LogP contribution < -0.4 is 5.32 Å². The molecule has 0 saturated carbocycles. The molecule has 0 aliphatic heterocycles. The average molecular weight is 366 g/mol. The predicted octanol–water partition coefficient (Wildman–Crippen LogP) is 3.86. The van der Waals surface area contributed by atoms with E-state index in [9.17, 15) is 9.18 Å². The molecule has 0 aliphatic rings. The van der Waals surface area contributed by atoms with Crippen LogP contribution in [-0.2, 0) is 17.8 Å². The van der Waals surface area contributed by atoms with Crippen LogP contribution >= 0.6 is 11.3 Å². The minimum atomic E-state index is -0.326. The molecule has 0 saturated heterocycles. The van der Waals surface area contributed by atoms with Gasteiger partial charge in [0.1, 0.15) is 17.4 Å². The second-order valence-corrected chi connectivity index (χ2v) is 6.92. The number of fused-ring (bicyclic) bond motifs is 1. The lowest BCUT2D eigenvalue weighted by Gasteiger charge is -2.05. The molecule has 0 aliphatic carbocycles. The van der Waals surface area contributed by atoms with Crippen molar-refractivity contribution in [2.45, 2.75) is 13.0 Å². The molecule has 0 spiro atoms. The molecule has 7 heteroatoms. The monoisotopic (exact) mass is 366 g/mol. The number of nitrogens with zero attached hydrogens (tertiary/aromatic N) is 3. The first-order valence-electron chi connectivity index (χ1n) is 8.08. The fourth-order valence-corrected chi connectivity index (χ4v) is 3.54. The fourth-order valence-electron chi connectivity index (χ4n) is 2.75. The van der Waals surface area contributed by atoms with Crippen LogP contribution in [0.4, 0.5) is 9.52 Å². The molecular formula is C19H15FN4OS. The van der Waals surface area contributed by atoms with Crippen molar-refractivity contribution in [1.82, 2.24) is 14.8 Å². The molecule has 2 heterocycles. The van der Waals surface area contributed by atoms with Gasteiger partial charge in [-0.05, 0) is 35.2 Å². The van der Waals surface area contributed by atoms with Crippen LogP contribution in [0.3, 0.4) is 0 Å². The van der Waals surface area contributed by atoms with Crippen molar-refractivity contribution < 1.29 is 9.18 Å². The van der Waals surface area contributed by atoms with Gasteiger partial charge in [0.25, 0.3) is 0 Å². The normalized spacial score (nSPS) is 11.0. The van der Waals surface area contributed by atoms with Crippen molar-refractivity contribution in [3.8, 4) is 0 Å². The van der Waals surface area contributed by atoms with E-state index in [2.05, 4.69) is 15.5 Å². The molecule has 0 atom stereocenters. The Labute approximate surface area is 153 Å². The number of carbonyl (C=O) groups excluding carboxylic acids is 1. The lowest BCUT2D eigenvalue weighted by atomic mass is 10.2. The van der Waals surface area contributed by atoms with E-state index in [0.29, 0.717) is 17.1 Å². The van der Waals surface area contributed by atoms with Gasteiger partial charge in [-0.3, -0.25) is 10.1 Å². The maximum atomic E-state index is 13.4. The summed E-state index contributed by atoms with van der Waals surface area (Å²) < 4.78 is 15.1. The lowest BCUT2D eigenvalue weighted by Crippen LogP contribution is -2.18. The maximum absolute atomic E-state index is 13.4. The molecule has 4 rings (SSSR count). The van der Waals surface area contributed by atoms with Crippen molar-refractivity contribution in [2.75, 3.05) is 5.32 Å². The SMILES string of the molecule is O=C(Cn1ccc2ccc(F)cc21)Nc1nnc(Cc2ccccc2)s1. The summed E-state index contributed by atoms with van der Waals surface area (Å²) >= 11 is 1.35. The number of hydrogen-bond acceptors (Lipinski definition) is 4. The van der Waals surface area contributed by atoms with Crippen LogP contribution in [0.1, 0.15) is 10.6 Å². The summed E-state index contributed by atoms with van der Waals surface area (Å²) in [6, 6.07) is 16.3. The Balaban J connectivity index is 1.42. The molecule has 1 amide bonds. The number of carbonyl (C=O) groups is 1. The molecule has 5 nitrogen and oxygen atoms in total. The minimum absolute atomic E-state index is 0.0839. The Bertz CT molecular complexity index is 1060. The molecule has 130 valence electrons. The van der Waals surface area contributed by atoms with Gasteiger partial charge in [-0.25, -0.2) is 4.39 Å². The third kappa shape index (κ3) is 3.62. The summed E-state index contributed by atoms with van der Waals surface area (Å²) in [6.07, 6.45) is 2.44. The second-order valence-electron chi connectivity index (χ2n) is 5.86. The number of anilines is 1. The van der Waals surface area contributed by atoms with E-state index in [1.54, 1.807) is 16.8 Å². The van der Waals surface area contributed by atoms with Gasteiger partial charge in [0.2, 0.25) is 11.0 Å². The van der Waals surface area contributed by atoms with Gasteiger partial charge in [-0.15, -0.1) is 10.2 Å². The highest BCUT2D eigenvalue weighted by Crippen LogP contribution is 2.20. The minimum Gasteiger partial charge on any atom is -0.338 e. The van der Waals surface area contributed by atoms with Crippen LogP contribution in [0.2, 0.25) is 0 Å². The summed E-state index contributed by atoms with van der Waals surface area (Å²) in [5, 5.41) is 13.1. The van der Waals surface area contributed by atoms with E-state index in [-0.39, 0.29) is 18.3 Å². The zero-order valence-corrected chi connectivity index (χ0v) is 14.5. The summed E-state index contributed by atoms with van der Waals surface area (Å²) in [6.45, 7) is 0.0839. The van der Waals surface area contributed by atoms with Gasteiger partial charge in [0.05, 0.1) is 5.52 Å². The van der Waals surface area contributed by atoms with Crippen molar-refractivity contribution in [1.29, 1.82) is 0 Å². The number of hydrogen-bond donors (Lipinski definition) is 1. The molecule has 2 aromatic carbocycles. The van der Waals surface area contributed by atoms with Gasteiger partial charge in [0.15, 0.2) is 0 Å². The van der Waals surface area contributed by atoms with Crippen molar-refractivity contribution in [3.63, 3.8) is 0 Å². The first kappa shape index (κ1) is 16.4. The van der Waals surface area contributed by atoms with Gasteiger partial charge >= 0.3 is 0 Å². The number of rotatable bonds is 5. The smallest absolute Gasteiger partial charge is 0.246 e. The molecule has 26 heavy (non-hydrogen) atoms. The van der Waals surface area contributed by atoms with E-state index >= 15 is 0 Å². The van der Waals surface area contributed by atoms with E-state index in [1.807, 2.05) is 36.4 Å². The van der Waals surface area contributed by atoms with Crippen LogP contribution in [0.5, 0.6) is 0 Å².